The van der Waals surface area contributed by atoms with Crippen molar-refractivity contribution in [2.45, 2.75) is 18.9 Å². The van der Waals surface area contributed by atoms with Gasteiger partial charge in [0.2, 0.25) is 5.82 Å². The highest BCUT2D eigenvalue weighted by Crippen LogP contribution is 2.33. The number of rotatable bonds is 20. The average Bonchev–Trinajstić information content (AvgIpc) is 3.97. The molecule has 2 aliphatic rings. The summed E-state index contributed by atoms with van der Waals surface area (Å²) in [6, 6.07) is 11.2. The first-order valence-corrected chi connectivity index (χ1v) is 19.7. The van der Waals surface area contributed by atoms with E-state index in [9.17, 15) is 24.8 Å². The zero-order chi connectivity index (χ0) is 42.3. The fourth-order valence-corrected chi connectivity index (χ4v) is 7.18. The molecule has 0 bridgehead atoms. The molecular formula is C42H49N9O9. The van der Waals surface area contributed by atoms with E-state index in [1.807, 2.05) is 30.3 Å². The molecule has 5 heterocycles. The van der Waals surface area contributed by atoms with E-state index in [-0.39, 0.29) is 36.2 Å². The molecule has 2 saturated heterocycles. The number of carbonyl (C=O) groups excluding carboxylic acids is 3. The summed E-state index contributed by atoms with van der Waals surface area (Å²) in [5.41, 5.74) is 2.82. The summed E-state index contributed by atoms with van der Waals surface area (Å²) in [6.07, 6.45) is 10.3. The Kier molecular flexibility index (Phi) is 15.9. The van der Waals surface area contributed by atoms with Gasteiger partial charge in [0.25, 0.3) is 17.6 Å². The molecule has 3 aromatic heterocycles. The number of hydrogen-bond donors (Lipinski definition) is 2. The number of hydrogen-bond acceptors (Lipinski definition) is 14. The summed E-state index contributed by atoms with van der Waals surface area (Å²) in [5, 5.41) is 24.9. The van der Waals surface area contributed by atoms with Crippen molar-refractivity contribution in [3.8, 4) is 30.0 Å². The van der Waals surface area contributed by atoms with Crippen molar-refractivity contribution in [2.24, 2.45) is 0 Å². The molecule has 0 aliphatic carbocycles. The summed E-state index contributed by atoms with van der Waals surface area (Å²) >= 11 is 0. The number of aliphatic hydroxyl groups is 1. The summed E-state index contributed by atoms with van der Waals surface area (Å²) in [4.78, 5) is 58.0. The van der Waals surface area contributed by atoms with Crippen LogP contribution in [0.1, 0.15) is 39.4 Å². The van der Waals surface area contributed by atoms with Gasteiger partial charge in [0.05, 0.1) is 100 Å². The highest BCUT2D eigenvalue weighted by molar-refractivity contribution is 6.45. The van der Waals surface area contributed by atoms with E-state index in [4.69, 9.17) is 30.1 Å². The van der Waals surface area contributed by atoms with Gasteiger partial charge in [-0.3, -0.25) is 19.3 Å². The number of benzene rings is 1. The van der Waals surface area contributed by atoms with Gasteiger partial charge in [-0.25, -0.2) is 9.97 Å². The number of Topliss-reactive ketones (excluding diaryl/α,β-unsaturated/α-hetero) is 1. The molecule has 6 rings (SSSR count). The van der Waals surface area contributed by atoms with Gasteiger partial charge in [-0.2, -0.15) is 9.94 Å². The van der Waals surface area contributed by atoms with E-state index in [1.165, 1.54) is 35.4 Å². The third-order valence-corrected chi connectivity index (χ3v) is 10.3. The van der Waals surface area contributed by atoms with Crippen LogP contribution < -0.4 is 4.74 Å². The number of carbonyl (C=O) groups is 3. The number of amides is 2. The monoisotopic (exact) mass is 823 g/mol. The number of piperidine rings is 1. The standard InChI is InChI=1S/C42H49N9O9/c1-3-16-57-18-20-59-22-23-60-21-19-58-17-15-48-13-14-50(32(27-48)28-52)42(55)39-46-29-51(47-39)40-37-36(35(56-2)26-45-40)34(25-44-37)38(53)41(54)49-11-9-31(10-12-49)33(24-43)30-7-5-4-6-8-30/h1,4-8,25-26,29,32,44,52H,9-23,27-28H2,2H3. The SMILES string of the molecule is C#CCOCCOCCOCCOCCN1CCN(C(=O)c2ncn(-c3ncc(OC)c4c(C(=O)C(=O)N5CCC(=C(C#N)c6ccccc6)CC5)c[nH]c34)n2)C(CO)C1. The summed E-state index contributed by atoms with van der Waals surface area (Å²) in [6.45, 7) is 5.66. The lowest BCUT2D eigenvalue weighted by atomic mass is 9.93. The van der Waals surface area contributed by atoms with Crippen molar-refractivity contribution in [1.82, 2.24) is 39.4 Å². The quantitative estimate of drug-likeness (QED) is 0.0428. The molecule has 0 radical (unpaired) electrons. The second kappa shape index (κ2) is 21.9. The number of piperazine rings is 1. The topological polar surface area (TPSA) is 210 Å². The highest BCUT2D eigenvalue weighted by atomic mass is 16.6. The maximum absolute atomic E-state index is 13.8. The van der Waals surface area contributed by atoms with Crippen LogP contribution >= 0.6 is 0 Å². The average molecular weight is 824 g/mol. The maximum atomic E-state index is 13.8. The normalized spacial score (nSPS) is 15.8. The van der Waals surface area contributed by atoms with Crippen LogP contribution in [0, 0.1) is 23.7 Å². The lowest BCUT2D eigenvalue weighted by Crippen LogP contribution is -2.57. The van der Waals surface area contributed by atoms with E-state index in [2.05, 4.69) is 36.9 Å². The molecule has 2 N–H and O–H groups in total. The Morgan fingerprint density at radius 2 is 1.65 bits per heavy atom. The molecule has 4 aromatic rings. The Labute approximate surface area is 347 Å². The summed E-state index contributed by atoms with van der Waals surface area (Å²) in [7, 11) is 1.44. The molecule has 1 atom stereocenters. The fraction of sp³-hybridized carbons (Fsp3) is 0.452. The second-order valence-electron chi connectivity index (χ2n) is 13.9. The van der Waals surface area contributed by atoms with Gasteiger partial charge in [0, 0.05) is 45.5 Å². The third-order valence-electron chi connectivity index (χ3n) is 10.3. The Balaban J connectivity index is 1.02. The zero-order valence-electron chi connectivity index (χ0n) is 33.6. The van der Waals surface area contributed by atoms with Crippen LogP contribution in [0.25, 0.3) is 22.3 Å². The number of methoxy groups -OCH3 is 1. The lowest BCUT2D eigenvalue weighted by molar-refractivity contribution is -0.126. The first-order valence-electron chi connectivity index (χ1n) is 19.7. The van der Waals surface area contributed by atoms with E-state index in [1.54, 1.807) is 4.90 Å². The maximum Gasteiger partial charge on any atom is 0.295 e. The van der Waals surface area contributed by atoms with Crippen molar-refractivity contribution < 1.29 is 43.2 Å². The number of nitrogens with one attached hydrogen (secondary N) is 1. The Bertz CT molecular complexity index is 2200. The molecule has 18 heteroatoms. The van der Waals surface area contributed by atoms with Crippen LogP contribution in [0.4, 0.5) is 0 Å². The minimum absolute atomic E-state index is 0.0954. The number of nitrogens with zero attached hydrogens (tertiary/aromatic N) is 8. The number of ketones is 1. The van der Waals surface area contributed by atoms with E-state index in [0.29, 0.717) is 115 Å². The molecule has 316 valence electrons. The van der Waals surface area contributed by atoms with Gasteiger partial charge < -0.3 is 43.6 Å². The van der Waals surface area contributed by atoms with Crippen LogP contribution in [-0.4, -0.2) is 174 Å². The predicted octanol–water partition coefficient (Wildman–Crippen LogP) is 1.75. The molecule has 2 aliphatic heterocycles. The van der Waals surface area contributed by atoms with Gasteiger partial charge in [-0.15, -0.1) is 11.5 Å². The van der Waals surface area contributed by atoms with Gasteiger partial charge >= 0.3 is 0 Å². The van der Waals surface area contributed by atoms with E-state index in [0.717, 1.165) is 11.1 Å². The molecule has 2 fully saturated rings. The molecule has 0 spiro atoms. The fourth-order valence-electron chi connectivity index (χ4n) is 7.18. The number of likely N-dealkylation sites (tertiary alicyclic amines) is 1. The first kappa shape index (κ1) is 43.6. The Morgan fingerprint density at radius 1 is 0.950 bits per heavy atom. The number of ether oxygens (including phenoxy) is 5. The lowest BCUT2D eigenvalue weighted by Gasteiger charge is -2.40. The van der Waals surface area contributed by atoms with Crippen molar-refractivity contribution >= 4 is 34.1 Å². The molecule has 1 aromatic carbocycles. The first-order chi connectivity index (χ1) is 29.4. The number of fused-ring (bicyclic) bond motifs is 1. The Morgan fingerprint density at radius 3 is 2.32 bits per heavy atom. The number of pyridine rings is 1. The molecular weight excluding hydrogens is 775 g/mol. The second-order valence-corrected chi connectivity index (χ2v) is 13.9. The van der Waals surface area contributed by atoms with Gasteiger partial charge in [-0.1, -0.05) is 36.3 Å². The van der Waals surface area contributed by atoms with Crippen molar-refractivity contribution in [3.63, 3.8) is 0 Å². The number of allylic oxidation sites excluding steroid dienone is 1. The molecule has 60 heavy (non-hydrogen) atoms. The molecule has 18 nitrogen and oxygen atoms in total. The van der Waals surface area contributed by atoms with Crippen LogP contribution in [0.5, 0.6) is 5.75 Å². The Hall–Kier alpha value is -5.99. The van der Waals surface area contributed by atoms with Crippen LogP contribution in [0.2, 0.25) is 0 Å². The number of aliphatic hydroxyl groups excluding tert-OH is 1. The summed E-state index contributed by atoms with van der Waals surface area (Å²) in [5.74, 6) is 0.937. The van der Waals surface area contributed by atoms with Crippen LogP contribution in [-0.2, 0) is 23.7 Å². The van der Waals surface area contributed by atoms with Gasteiger partial charge in [0.15, 0.2) is 5.82 Å². The zero-order valence-corrected chi connectivity index (χ0v) is 33.6. The smallest absolute Gasteiger partial charge is 0.295 e. The number of aromatic nitrogens is 5. The van der Waals surface area contributed by atoms with Crippen molar-refractivity contribution in [1.29, 1.82) is 5.26 Å². The highest BCUT2D eigenvalue weighted by Gasteiger charge is 2.33. The number of aromatic amines is 1. The van der Waals surface area contributed by atoms with Gasteiger partial charge in [-0.05, 0) is 24.0 Å². The largest absolute Gasteiger partial charge is 0.494 e. The summed E-state index contributed by atoms with van der Waals surface area (Å²) < 4.78 is 28.6. The van der Waals surface area contributed by atoms with Gasteiger partial charge in [0.1, 0.15) is 18.7 Å². The molecule has 2 amide bonds. The van der Waals surface area contributed by atoms with E-state index < -0.39 is 23.6 Å². The minimum Gasteiger partial charge on any atom is -0.494 e. The molecule has 1 unspecified atom stereocenters. The van der Waals surface area contributed by atoms with Crippen LogP contribution in [0.3, 0.4) is 0 Å². The van der Waals surface area contributed by atoms with E-state index >= 15 is 0 Å². The number of H-pyrrole nitrogens is 1. The number of nitriles is 1. The van der Waals surface area contributed by atoms with Crippen molar-refractivity contribution in [2.75, 3.05) is 106 Å². The predicted molar refractivity (Wildman–Crippen MR) is 217 cm³/mol. The molecule has 0 saturated carbocycles. The van der Waals surface area contributed by atoms with Crippen molar-refractivity contribution in [3.05, 3.63) is 71.6 Å². The number of terminal acetylenes is 1. The third kappa shape index (κ3) is 10.6. The minimum atomic E-state index is -0.728. The van der Waals surface area contributed by atoms with Crippen LogP contribution in [0.15, 0.2) is 54.6 Å².